The van der Waals surface area contributed by atoms with Crippen molar-refractivity contribution >= 4 is 11.8 Å². The van der Waals surface area contributed by atoms with Crippen LogP contribution in [-0.4, -0.2) is 10.5 Å². The maximum atomic E-state index is 9.05. The van der Waals surface area contributed by atoms with E-state index in [1.54, 1.807) is 0 Å². The van der Waals surface area contributed by atoms with Gasteiger partial charge in [0.25, 0.3) is 0 Å². The third-order valence-corrected chi connectivity index (χ3v) is 5.60. The lowest BCUT2D eigenvalue weighted by Gasteiger charge is -2.29. The van der Waals surface area contributed by atoms with Gasteiger partial charge in [0, 0.05) is 10.5 Å². The molecule has 0 bridgehead atoms. The van der Waals surface area contributed by atoms with Crippen LogP contribution < -0.4 is 0 Å². The van der Waals surface area contributed by atoms with Crippen molar-refractivity contribution in [3.05, 3.63) is 0 Å². The Morgan fingerprint density at radius 2 is 1.93 bits per heavy atom. The highest BCUT2D eigenvalue weighted by Gasteiger charge is 2.31. The Morgan fingerprint density at radius 1 is 1.13 bits per heavy atom. The normalized spacial score (nSPS) is 41.3. The van der Waals surface area contributed by atoms with Crippen LogP contribution in [0.2, 0.25) is 0 Å². The lowest BCUT2D eigenvalue weighted by molar-refractivity contribution is 0.393. The summed E-state index contributed by atoms with van der Waals surface area (Å²) in [5, 5.41) is 10.6. The summed E-state index contributed by atoms with van der Waals surface area (Å²) in [4.78, 5) is 0. The second kappa shape index (κ2) is 5.25. The highest BCUT2D eigenvalue weighted by molar-refractivity contribution is 8.00. The summed E-state index contributed by atoms with van der Waals surface area (Å²) >= 11 is 2.14. The van der Waals surface area contributed by atoms with Crippen molar-refractivity contribution in [2.75, 3.05) is 0 Å². The maximum absolute atomic E-state index is 9.05. The molecule has 4 atom stereocenters. The molecule has 0 aromatic rings. The van der Waals surface area contributed by atoms with Crippen LogP contribution >= 0.6 is 11.8 Å². The first-order valence-corrected chi connectivity index (χ1v) is 7.29. The minimum atomic E-state index is 0.354. The second-order valence-corrected chi connectivity index (χ2v) is 6.78. The Balaban J connectivity index is 1.83. The Kier molecular flexibility index (Phi) is 3.97. The van der Waals surface area contributed by atoms with Crippen molar-refractivity contribution < 1.29 is 0 Å². The lowest BCUT2D eigenvalue weighted by atomic mass is 9.90. The molecule has 0 aliphatic heterocycles. The molecule has 2 aliphatic carbocycles. The molecule has 0 saturated heterocycles. The molecule has 84 valence electrons. The lowest BCUT2D eigenvalue weighted by Crippen LogP contribution is -2.20. The minimum Gasteiger partial charge on any atom is -0.198 e. The molecule has 2 aliphatic rings. The van der Waals surface area contributed by atoms with Gasteiger partial charge in [-0.15, -0.1) is 0 Å². The maximum Gasteiger partial charge on any atom is 0.0667 e. The average Bonchev–Trinajstić information content (AvgIpc) is 2.65. The van der Waals surface area contributed by atoms with E-state index in [1.165, 1.54) is 38.5 Å². The second-order valence-electron chi connectivity index (χ2n) is 5.23. The highest BCUT2D eigenvalue weighted by atomic mass is 32.2. The van der Waals surface area contributed by atoms with Crippen LogP contribution in [0.25, 0.3) is 0 Å². The van der Waals surface area contributed by atoms with E-state index >= 15 is 0 Å². The summed E-state index contributed by atoms with van der Waals surface area (Å²) < 4.78 is 0. The molecule has 2 saturated carbocycles. The van der Waals surface area contributed by atoms with E-state index in [0.717, 1.165) is 17.6 Å². The van der Waals surface area contributed by atoms with Gasteiger partial charge in [-0.25, -0.2) is 0 Å². The fraction of sp³-hybridized carbons (Fsp3) is 0.923. The molecule has 2 heteroatoms. The van der Waals surface area contributed by atoms with Gasteiger partial charge in [0.05, 0.1) is 12.0 Å². The molecule has 1 nitrogen and oxygen atoms in total. The van der Waals surface area contributed by atoms with E-state index < -0.39 is 0 Å². The Bertz CT molecular complexity index is 245. The van der Waals surface area contributed by atoms with Crippen LogP contribution in [0.3, 0.4) is 0 Å². The fourth-order valence-electron chi connectivity index (χ4n) is 2.99. The highest BCUT2D eigenvalue weighted by Crippen LogP contribution is 2.41. The summed E-state index contributed by atoms with van der Waals surface area (Å²) in [6.45, 7) is 2.38. The smallest absolute Gasteiger partial charge is 0.0667 e. The fourth-order valence-corrected chi connectivity index (χ4v) is 4.91. The molecule has 0 N–H and O–H groups in total. The van der Waals surface area contributed by atoms with Crippen molar-refractivity contribution in [3.63, 3.8) is 0 Å². The summed E-state index contributed by atoms with van der Waals surface area (Å²) in [5.74, 6) is 1.27. The van der Waals surface area contributed by atoms with Crippen molar-refractivity contribution in [1.82, 2.24) is 0 Å². The number of rotatable bonds is 2. The first-order valence-electron chi connectivity index (χ1n) is 6.34. The first kappa shape index (κ1) is 11.3. The monoisotopic (exact) mass is 223 g/mol. The Morgan fingerprint density at radius 3 is 2.67 bits per heavy atom. The summed E-state index contributed by atoms with van der Waals surface area (Å²) in [6.07, 6.45) is 9.32. The molecule has 0 spiro atoms. The van der Waals surface area contributed by atoms with Gasteiger partial charge in [0.15, 0.2) is 0 Å². The predicted octanol–water partition coefficient (Wildman–Crippen LogP) is 3.99. The van der Waals surface area contributed by atoms with Gasteiger partial charge in [-0.2, -0.15) is 17.0 Å². The first-order chi connectivity index (χ1) is 7.29. The molecule has 2 rings (SSSR count). The topological polar surface area (TPSA) is 23.8 Å². The predicted molar refractivity (Wildman–Crippen MR) is 65.8 cm³/mol. The van der Waals surface area contributed by atoms with Crippen LogP contribution in [0, 0.1) is 23.2 Å². The SMILES string of the molecule is CC1CCCC(SC2CCCC2C#N)C1. The summed E-state index contributed by atoms with van der Waals surface area (Å²) in [7, 11) is 0. The van der Waals surface area contributed by atoms with Crippen molar-refractivity contribution in [2.24, 2.45) is 11.8 Å². The molecule has 0 heterocycles. The van der Waals surface area contributed by atoms with Gasteiger partial charge < -0.3 is 0 Å². The molecule has 4 unspecified atom stereocenters. The average molecular weight is 223 g/mol. The van der Waals surface area contributed by atoms with Crippen LogP contribution in [-0.2, 0) is 0 Å². The number of hydrogen-bond acceptors (Lipinski definition) is 2. The van der Waals surface area contributed by atoms with Gasteiger partial charge in [0.2, 0.25) is 0 Å². The Hall–Kier alpha value is -0.160. The van der Waals surface area contributed by atoms with Crippen LogP contribution in [0.4, 0.5) is 0 Å². The van der Waals surface area contributed by atoms with Crippen LogP contribution in [0.1, 0.15) is 51.9 Å². The van der Waals surface area contributed by atoms with E-state index in [1.807, 2.05) is 0 Å². The number of nitrogens with zero attached hydrogens (tertiary/aromatic N) is 1. The van der Waals surface area contributed by atoms with E-state index in [2.05, 4.69) is 24.8 Å². The van der Waals surface area contributed by atoms with Gasteiger partial charge >= 0.3 is 0 Å². The van der Waals surface area contributed by atoms with Gasteiger partial charge in [-0.05, 0) is 31.6 Å². The van der Waals surface area contributed by atoms with E-state index in [0.29, 0.717) is 11.2 Å². The quantitative estimate of drug-likeness (QED) is 0.706. The number of hydrogen-bond donors (Lipinski definition) is 0. The zero-order chi connectivity index (χ0) is 10.7. The van der Waals surface area contributed by atoms with Crippen molar-refractivity contribution in [2.45, 2.75) is 62.4 Å². The molecular formula is C13H21NS. The standard InChI is InChI=1S/C13H21NS/c1-10-4-2-6-12(8-10)15-13-7-3-5-11(13)9-14/h10-13H,2-8H2,1H3. The number of thioether (sulfide) groups is 1. The zero-order valence-corrected chi connectivity index (χ0v) is 10.4. The summed E-state index contributed by atoms with van der Waals surface area (Å²) in [6, 6.07) is 2.49. The third-order valence-electron chi connectivity index (χ3n) is 3.87. The van der Waals surface area contributed by atoms with Crippen molar-refractivity contribution in [1.29, 1.82) is 5.26 Å². The number of nitriles is 1. The molecule has 0 radical (unpaired) electrons. The van der Waals surface area contributed by atoms with E-state index in [-0.39, 0.29) is 0 Å². The largest absolute Gasteiger partial charge is 0.198 e. The molecule has 0 aromatic carbocycles. The summed E-state index contributed by atoms with van der Waals surface area (Å²) in [5.41, 5.74) is 0. The minimum absolute atomic E-state index is 0.354. The molecular weight excluding hydrogens is 202 g/mol. The van der Waals surface area contributed by atoms with Crippen LogP contribution in [0.5, 0.6) is 0 Å². The van der Waals surface area contributed by atoms with Gasteiger partial charge in [-0.3, -0.25) is 0 Å². The molecule has 0 aromatic heterocycles. The van der Waals surface area contributed by atoms with E-state index in [4.69, 9.17) is 5.26 Å². The molecule has 2 fully saturated rings. The van der Waals surface area contributed by atoms with Gasteiger partial charge in [-0.1, -0.05) is 26.2 Å². The third kappa shape index (κ3) is 2.91. The van der Waals surface area contributed by atoms with Gasteiger partial charge in [0.1, 0.15) is 0 Å². The molecule has 15 heavy (non-hydrogen) atoms. The Labute approximate surface area is 97.6 Å². The zero-order valence-electron chi connectivity index (χ0n) is 9.61. The molecule has 0 amide bonds. The van der Waals surface area contributed by atoms with Crippen molar-refractivity contribution in [3.8, 4) is 6.07 Å². The van der Waals surface area contributed by atoms with E-state index in [9.17, 15) is 0 Å². The van der Waals surface area contributed by atoms with Crippen LogP contribution in [0.15, 0.2) is 0 Å².